The van der Waals surface area contributed by atoms with E-state index in [2.05, 4.69) is 48.6 Å². The van der Waals surface area contributed by atoms with E-state index in [-0.39, 0.29) is 0 Å². The molecule has 0 aliphatic heterocycles. The van der Waals surface area contributed by atoms with Crippen molar-refractivity contribution in [2.45, 2.75) is 19.8 Å². The lowest BCUT2D eigenvalue weighted by molar-refractivity contribution is 0.339. The first-order valence-corrected chi connectivity index (χ1v) is 5.48. The molecule has 0 fully saturated rings. The number of hydrogen-bond donors (Lipinski definition) is 0. The van der Waals surface area contributed by atoms with Crippen LogP contribution in [0.4, 0.5) is 0 Å². The SMILES string of the molecule is [CH2]C(C)c1cc(OCC)ccc1I. The smallest absolute Gasteiger partial charge is 0.119 e. The van der Waals surface area contributed by atoms with Crippen molar-refractivity contribution in [3.8, 4) is 5.75 Å². The average Bonchev–Trinajstić information content (AvgIpc) is 2.08. The van der Waals surface area contributed by atoms with Crippen molar-refractivity contribution in [1.82, 2.24) is 0 Å². The highest BCUT2D eigenvalue weighted by Gasteiger charge is 2.05. The summed E-state index contributed by atoms with van der Waals surface area (Å²) in [6, 6.07) is 6.14. The number of ether oxygens (including phenoxy) is 1. The van der Waals surface area contributed by atoms with Crippen molar-refractivity contribution in [2.24, 2.45) is 0 Å². The maximum atomic E-state index is 5.42. The van der Waals surface area contributed by atoms with Crippen LogP contribution in [0.25, 0.3) is 0 Å². The summed E-state index contributed by atoms with van der Waals surface area (Å²) in [4.78, 5) is 0. The Balaban J connectivity index is 2.97. The van der Waals surface area contributed by atoms with E-state index in [9.17, 15) is 0 Å². The van der Waals surface area contributed by atoms with Crippen molar-refractivity contribution in [3.63, 3.8) is 0 Å². The predicted molar refractivity (Wildman–Crippen MR) is 64.1 cm³/mol. The fourth-order valence-corrected chi connectivity index (χ4v) is 2.02. The summed E-state index contributed by atoms with van der Waals surface area (Å²) in [6.07, 6.45) is 0. The van der Waals surface area contributed by atoms with E-state index in [4.69, 9.17) is 4.74 Å². The van der Waals surface area contributed by atoms with Crippen LogP contribution >= 0.6 is 22.6 Å². The molecule has 0 saturated carbocycles. The maximum absolute atomic E-state index is 5.42. The zero-order valence-electron chi connectivity index (χ0n) is 8.01. The summed E-state index contributed by atoms with van der Waals surface area (Å²) in [6.45, 7) is 8.81. The molecule has 0 bridgehead atoms. The van der Waals surface area contributed by atoms with Gasteiger partial charge in [0.25, 0.3) is 0 Å². The Bertz CT molecular complexity index is 281. The Hall–Kier alpha value is -0.250. The minimum absolute atomic E-state index is 0.312. The molecule has 1 atom stereocenters. The van der Waals surface area contributed by atoms with Gasteiger partial charge in [0, 0.05) is 3.57 Å². The van der Waals surface area contributed by atoms with Crippen molar-refractivity contribution in [1.29, 1.82) is 0 Å². The Labute approximate surface area is 93.6 Å². The Kier molecular flexibility index (Phi) is 4.03. The van der Waals surface area contributed by atoms with Gasteiger partial charge in [-0.2, -0.15) is 0 Å². The Morgan fingerprint density at radius 1 is 1.54 bits per heavy atom. The first kappa shape index (κ1) is 10.8. The van der Waals surface area contributed by atoms with E-state index < -0.39 is 0 Å². The third-order valence-electron chi connectivity index (χ3n) is 1.81. The molecule has 2 heteroatoms. The predicted octanol–water partition coefficient (Wildman–Crippen LogP) is 3.63. The highest BCUT2D eigenvalue weighted by atomic mass is 127. The van der Waals surface area contributed by atoms with Crippen LogP contribution in [0.5, 0.6) is 5.75 Å². The van der Waals surface area contributed by atoms with Crippen LogP contribution in [-0.4, -0.2) is 6.61 Å². The second-order valence-electron chi connectivity index (χ2n) is 3.02. The number of rotatable bonds is 3. The van der Waals surface area contributed by atoms with E-state index in [1.54, 1.807) is 0 Å². The van der Waals surface area contributed by atoms with Crippen molar-refractivity contribution in [2.75, 3.05) is 6.61 Å². The third kappa shape index (κ3) is 2.86. The third-order valence-corrected chi connectivity index (χ3v) is 2.79. The molecule has 0 N–H and O–H groups in total. The molecule has 0 saturated heterocycles. The van der Waals surface area contributed by atoms with Gasteiger partial charge in [-0.3, -0.25) is 0 Å². The molecular formula is C11H14IO. The van der Waals surface area contributed by atoms with Crippen LogP contribution in [0.2, 0.25) is 0 Å². The first-order valence-electron chi connectivity index (χ1n) is 4.40. The van der Waals surface area contributed by atoms with Crippen molar-refractivity contribution >= 4 is 22.6 Å². The Morgan fingerprint density at radius 2 is 2.23 bits per heavy atom. The van der Waals surface area contributed by atoms with E-state index in [0.29, 0.717) is 12.5 Å². The lowest BCUT2D eigenvalue weighted by Gasteiger charge is -2.10. The van der Waals surface area contributed by atoms with Gasteiger partial charge in [-0.05, 0) is 66.1 Å². The highest BCUT2D eigenvalue weighted by Crippen LogP contribution is 2.25. The minimum atomic E-state index is 0.312. The van der Waals surface area contributed by atoms with Crippen LogP contribution in [-0.2, 0) is 0 Å². The summed E-state index contributed by atoms with van der Waals surface area (Å²) < 4.78 is 6.67. The summed E-state index contributed by atoms with van der Waals surface area (Å²) >= 11 is 2.33. The van der Waals surface area contributed by atoms with E-state index in [1.807, 2.05) is 13.0 Å². The van der Waals surface area contributed by atoms with Gasteiger partial charge in [0.2, 0.25) is 0 Å². The fourth-order valence-electron chi connectivity index (χ4n) is 1.16. The van der Waals surface area contributed by atoms with Crippen molar-refractivity contribution < 1.29 is 4.74 Å². The Morgan fingerprint density at radius 3 is 2.77 bits per heavy atom. The zero-order valence-corrected chi connectivity index (χ0v) is 10.2. The molecule has 13 heavy (non-hydrogen) atoms. The lowest BCUT2D eigenvalue weighted by atomic mass is 10.0. The number of hydrogen-bond acceptors (Lipinski definition) is 1. The molecule has 1 radical (unpaired) electrons. The molecule has 1 unspecified atom stereocenters. The van der Waals surface area contributed by atoms with Crippen molar-refractivity contribution in [3.05, 3.63) is 34.3 Å². The topological polar surface area (TPSA) is 9.23 Å². The molecule has 0 heterocycles. The van der Waals surface area contributed by atoms with Gasteiger partial charge in [-0.15, -0.1) is 0 Å². The average molecular weight is 289 g/mol. The molecular weight excluding hydrogens is 275 g/mol. The second-order valence-corrected chi connectivity index (χ2v) is 4.18. The molecule has 1 aromatic carbocycles. The normalized spacial score (nSPS) is 10.5. The lowest BCUT2D eigenvalue weighted by Crippen LogP contribution is -1.96. The van der Waals surface area contributed by atoms with Crippen LogP contribution in [0.15, 0.2) is 18.2 Å². The van der Waals surface area contributed by atoms with Crippen LogP contribution in [0, 0.1) is 10.5 Å². The van der Waals surface area contributed by atoms with Crippen LogP contribution in [0.3, 0.4) is 0 Å². The molecule has 0 aromatic heterocycles. The molecule has 1 rings (SSSR count). The van der Waals surface area contributed by atoms with Crippen LogP contribution < -0.4 is 4.74 Å². The maximum Gasteiger partial charge on any atom is 0.119 e. The molecule has 0 aliphatic rings. The molecule has 71 valence electrons. The summed E-state index contributed by atoms with van der Waals surface area (Å²) in [5, 5.41) is 0. The first-order chi connectivity index (χ1) is 6.15. The molecule has 1 aromatic rings. The number of benzene rings is 1. The largest absolute Gasteiger partial charge is 0.494 e. The molecule has 1 nitrogen and oxygen atoms in total. The van der Waals surface area contributed by atoms with Gasteiger partial charge in [0.05, 0.1) is 6.61 Å². The minimum Gasteiger partial charge on any atom is -0.494 e. The van der Waals surface area contributed by atoms with Gasteiger partial charge >= 0.3 is 0 Å². The van der Waals surface area contributed by atoms with Gasteiger partial charge in [-0.1, -0.05) is 6.92 Å². The monoisotopic (exact) mass is 289 g/mol. The van der Waals surface area contributed by atoms with E-state index in [1.165, 1.54) is 9.13 Å². The van der Waals surface area contributed by atoms with E-state index >= 15 is 0 Å². The van der Waals surface area contributed by atoms with Gasteiger partial charge in [0.15, 0.2) is 0 Å². The number of halogens is 1. The van der Waals surface area contributed by atoms with E-state index in [0.717, 1.165) is 5.75 Å². The highest BCUT2D eigenvalue weighted by molar-refractivity contribution is 14.1. The summed E-state index contributed by atoms with van der Waals surface area (Å²) in [7, 11) is 0. The summed E-state index contributed by atoms with van der Waals surface area (Å²) in [5.41, 5.74) is 1.26. The molecule has 0 amide bonds. The standard InChI is InChI=1S/C11H14IO/c1-4-13-9-5-6-11(12)10(7-9)8(2)3/h5-8H,2,4H2,1,3H3. The van der Waals surface area contributed by atoms with Gasteiger partial charge in [0.1, 0.15) is 5.75 Å². The quantitative estimate of drug-likeness (QED) is 0.772. The molecule has 0 spiro atoms. The fraction of sp³-hybridized carbons (Fsp3) is 0.364. The molecule has 0 aliphatic carbocycles. The zero-order chi connectivity index (χ0) is 9.84. The van der Waals surface area contributed by atoms with Crippen LogP contribution in [0.1, 0.15) is 25.3 Å². The van der Waals surface area contributed by atoms with Gasteiger partial charge in [-0.25, -0.2) is 0 Å². The summed E-state index contributed by atoms with van der Waals surface area (Å²) in [5.74, 6) is 1.25. The van der Waals surface area contributed by atoms with Gasteiger partial charge < -0.3 is 4.74 Å². The second kappa shape index (κ2) is 4.84.